The number of rotatable bonds is 5. The first-order valence-electron chi connectivity index (χ1n) is 6.29. The number of anilines is 1. The lowest BCUT2D eigenvalue weighted by atomic mass is 10.2. The van der Waals surface area contributed by atoms with Crippen molar-refractivity contribution in [3.05, 3.63) is 30.3 Å². The van der Waals surface area contributed by atoms with Crippen LogP contribution in [0.3, 0.4) is 0 Å². The van der Waals surface area contributed by atoms with Crippen LogP contribution in [0.25, 0.3) is 0 Å². The third-order valence-electron chi connectivity index (χ3n) is 2.58. The summed E-state index contributed by atoms with van der Waals surface area (Å²) in [4.78, 5) is 2.16. The molecule has 0 aromatic heterocycles. The molecule has 94 valence electrons. The molecule has 0 spiro atoms. The van der Waals surface area contributed by atoms with Crippen molar-refractivity contribution >= 4 is 23.0 Å². The largest absolute Gasteiger partial charge is 0.362 e. The summed E-state index contributed by atoms with van der Waals surface area (Å²) in [5, 5.41) is 4.14. The topological polar surface area (TPSA) is 15.3 Å². The molecule has 0 aliphatic carbocycles. The molecule has 3 heteroatoms. The van der Waals surface area contributed by atoms with Gasteiger partial charge in [-0.05, 0) is 44.6 Å². The maximum atomic E-state index is 5.46. The highest BCUT2D eigenvalue weighted by molar-refractivity contribution is 7.80. The monoisotopic (exact) mass is 250 g/mol. The fourth-order valence-electron chi connectivity index (χ4n) is 1.70. The van der Waals surface area contributed by atoms with E-state index in [1.165, 1.54) is 6.42 Å². The fraction of sp³-hybridized carbons (Fsp3) is 0.500. The molecular formula is C14H22N2S. The highest BCUT2D eigenvalue weighted by atomic mass is 32.1. The van der Waals surface area contributed by atoms with Crippen LogP contribution in [-0.2, 0) is 0 Å². The van der Waals surface area contributed by atoms with Crippen LogP contribution in [-0.4, -0.2) is 17.7 Å². The smallest absolute Gasteiger partial charge is 0.173 e. The van der Waals surface area contributed by atoms with Crippen molar-refractivity contribution in [3.63, 3.8) is 0 Å². The molecule has 0 fully saturated rings. The molecule has 0 aliphatic rings. The molecular weight excluding hydrogens is 228 g/mol. The van der Waals surface area contributed by atoms with Gasteiger partial charge in [0.2, 0.25) is 0 Å². The van der Waals surface area contributed by atoms with Crippen LogP contribution in [0.2, 0.25) is 0 Å². The zero-order valence-electron chi connectivity index (χ0n) is 10.9. The van der Waals surface area contributed by atoms with E-state index in [4.69, 9.17) is 12.2 Å². The average molecular weight is 250 g/mol. The van der Waals surface area contributed by atoms with Crippen molar-refractivity contribution in [2.24, 2.45) is 0 Å². The summed E-state index contributed by atoms with van der Waals surface area (Å²) in [5.74, 6) is 0. The molecule has 0 saturated carbocycles. The minimum absolute atomic E-state index is 0.360. The minimum Gasteiger partial charge on any atom is -0.362 e. The van der Waals surface area contributed by atoms with Gasteiger partial charge in [-0.3, -0.25) is 0 Å². The lowest BCUT2D eigenvalue weighted by Gasteiger charge is -2.29. The second-order valence-electron chi connectivity index (χ2n) is 4.38. The van der Waals surface area contributed by atoms with Crippen LogP contribution < -0.4 is 10.2 Å². The summed E-state index contributed by atoms with van der Waals surface area (Å²) < 4.78 is 0. The van der Waals surface area contributed by atoms with Gasteiger partial charge in [0.1, 0.15) is 0 Å². The van der Waals surface area contributed by atoms with Crippen LogP contribution in [0.15, 0.2) is 30.3 Å². The van der Waals surface area contributed by atoms with E-state index < -0.39 is 0 Å². The van der Waals surface area contributed by atoms with Crippen LogP contribution in [0.4, 0.5) is 5.69 Å². The summed E-state index contributed by atoms with van der Waals surface area (Å²) >= 11 is 5.46. The highest BCUT2D eigenvalue weighted by Gasteiger charge is 2.14. The van der Waals surface area contributed by atoms with Crippen molar-refractivity contribution in [2.45, 2.75) is 39.7 Å². The standard InChI is InChI=1S/C14H22N2S/c1-4-5-11-15-14(17)16(12(2)3)13-9-7-6-8-10-13/h6-10,12H,4-5,11H2,1-3H3,(H,15,17). The van der Waals surface area contributed by atoms with E-state index in [-0.39, 0.29) is 0 Å². The maximum absolute atomic E-state index is 5.46. The van der Waals surface area contributed by atoms with E-state index in [0.29, 0.717) is 6.04 Å². The molecule has 1 N–H and O–H groups in total. The van der Waals surface area contributed by atoms with Gasteiger partial charge in [-0.15, -0.1) is 0 Å². The number of hydrogen-bond donors (Lipinski definition) is 1. The molecule has 0 atom stereocenters. The van der Waals surface area contributed by atoms with Crippen LogP contribution in [0.5, 0.6) is 0 Å². The Morgan fingerprint density at radius 2 is 1.94 bits per heavy atom. The predicted molar refractivity (Wildman–Crippen MR) is 79.6 cm³/mol. The van der Waals surface area contributed by atoms with E-state index in [1.807, 2.05) is 18.2 Å². The first kappa shape index (κ1) is 14.0. The lowest BCUT2D eigenvalue weighted by molar-refractivity contribution is 0.732. The summed E-state index contributed by atoms with van der Waals surface area (Å²) in [5.41, 5.74) is 1.15. The number of thiocarbonyl (C=S) groups is 1. The molecule has 1 rings (SSSR count). The molecule has 0 bridgehead atoms. The minimum atomic E-state index is 0.360. The second kappa shape index (κ2) is 7.28. The van der Waals surface area contributed by atoms with Crippen LogP contribution >= 0.6 is 12.2 Å². The molecule has 17 heavy (non-hydrogen) atoms. The summed E-state index contributed by atoms with van der Waals surface area (Å²) in [6, 6.07) is 10.6. The summed E-state index contributed by atoms with van der Waals surface area (Å²) in [6.45, 7) is 7.44. The van der Waals surface area contributed by atoms with Crippen molar-refractivity contribution in [1.29, 1.82) is 0 Å². The van der Waals surface area contributed by atoms with E-state index in [1.54, 1.807) is 0 Å². The number of hydrogen-bond acceptors (Lipinski definition) is 1. The second-order valence-corrected chi connectivity index (χ2v) is 4.77. The molecule has 0 aliphatic heterocycles. The molecule has 1 aromatic rings. The van der Waals surface area contributed by atoms with Gasteiger partial charge in [0.15, 0.2) is 5.11 Å². The molecule has 1 aromatic carbocycles. The fourth-order valence-corrected chi connectivity index (χ4v) is 2.11. The Labute approximate surface area is 110 Å². The van der Waals surface area contributed by atoms with Gasteiger partial charge >= 0.3 is 0 Å². The van der Waals surface area contributed by atoms with E-state index in [9.17, 15) is 0 Å². The lowest BCUT2D eigenvalue weighted by Crippen LogP contribution is -2.44. The Hall–Kier alpha value is -1.09. The Balaban J connectivity index is 2.70. The van der Waals surface area contributed by atoms with Gasteiger partial charge < -0.3 is 10.2 Å². The zero-order valence-corrected chi connectivity index (χ0v) is 11.8. The summed E-state index contributed by atoms with van der Waals surface area (Å²) in [7, 11) is 0. The van der Waals surface area contributed by atoms with Gasteiger partial charge in [-0.1, -0.05) is 31.5 Å². The molecule has 0 amide bonds. The van der Waals surface area contributed by atoms with Crippen LogP contribution in [0.1, 0.15) is 33.6 Å². The Kier molecular flexibility index (Phi) is 5.98. The maximum Gasteiger partial charge on any atom is 0.173 e. The van der Waals surface area contributed by atoms with Crippen LogP contribution in [0, 0.1) is 0 Å². The third-order valence-corrected chi connectivity index (χ3v) is 2.92. The van der Waals surface area contributed by atoms with Gasteiger partial charge in [-0.25, -0.2) is 0 Å². The molecule has 0 saturated heterocycles. The number of nitrogens with zero attached hydrogens (tertiary/aromatic N) is 1. The van der Waals surface area contributed by atoms with Crippen molar-refractivity contribution in [1.82, 2.24) is 5.32 Å². The summed E-state index contributed by atoms with van der Waals surface area (Å²) in [6.07, 6.45) is 2.34. The van der Waals surface area contributed by atoms with E-state index in [2.05, 4.69) is 43.1 Å². The quantitative estimate of drug-likeness (QED) is 0.635. The first-order valence-corrected chi connectivity index (χ1v) is 6.69. The highest BCUT2D eigenvalue weighted by Crippen LogP contribution is 2.16. The molecule has 0 unspecified atom stereocenters. The van der Waals surface area contributed by atoms with E-state index >= 15 is 0 Å². The van der Waals surface area contributed by atoms with Gasteiger partial charge in [0, 0.05) is 18.3 Å². The van der Waals surface area contributed by atoms with Crippen molar-refractivity contribution in [2.75, 3.05) is 11.4 Å². The number of para-hydroxylation sites is 1. The number of unbranched alkanes of at least 4 members (excludes halogenated alkanes) is 1. The molecule has 0 heterocycles. The number of benzene rings is 1. The normalized spacial score (nSPS) is 10.4. The van der Waals surface area contributed by atoms with Gasteiger partial charge in [0.05, 0.1) is 0 Å². The Morgan fingerprint density at radius 3 is 2.47 bits per heavy atom. The Morgan fingerprint density at radius 1 is 1.29 bits per heavy atom. The van der Waals surface area contributed by atoms with Crippen molar-refractivity contribution in [3.8, 4) is 0 Å². The van der Waals surface area contributed by atoms with Crippen molar-refractivity contribution < 1.29 is 0 Å². The predicted octanol–water partition coefficient (Wildman–Crippen LogP) is 3.58. The Bertz CT molecular complexity index is 335. The molecule has 2 nitrogen and oxygen atoms in total. The van der Waals surface area contributed by atoms with E-state index in [0.717, 1.165) is 23.8 Å². The molecule has 0 radical (unpaired) electrons. The first-order chi connectivity index (χ1) is 8.16. The third kappa shape index (κ3) is 4.35. The van der Waals surface area contributed by atoms with Gasteiger partial charge in [0.25, 0.3) is 0 Å². The van der Waals surface area contributed by atoms with Gasteiger partial charge in [-0.2, -0.15) is 0 Å². The number of nitrogens with one attached hydrogen (secondary N) is 1. The SMILES string of the molecule is CCCCNC(=S)N(c1ccccc1)C(C)C. The zero-order chi connectivity index (χ0) is 12.7. The average Bonchev–Trinajstić information content (AvgIpc) is 2.30.